The maximum atomic E-state index is 3.48. The SMILES string of the molecule is CCC(C)c1ccc(C(CNC(C)C)NC)cc1. The van der Waals surface area contributed by atoms with Crippen molar-refractivity contribution in [3.8, 4) is 0 Å². The highest BCUT2D eigenvalue weighted by Crippen LogP contribution is 2.21. The van der Waals surface area contributed by atoms with Crippen LogP contribution in [0.1, 0.15) is 57.2 Å². The van der Waals surface area contributed by atoms with E-state index in [1.807, 2.05) is 7.05 Å². The first-order chi connectivity index (χ1) is 8.58. The van der Waals surface area contributed by atoms with E-state index >= 15 is 0 Å². The maximum Gasteiger partial charge on any atom is 0.0444 e. The van der Waals surface area contributed by atoms with Gasteiger partial charge >= 0.3 is 0 Å². The van der Waals surface area contributed by atoms with Gasteiger partial charge < -0.3 is 10.6 Å². The van der Waals surface area contributed by atoms with E-state index in [0.717, 1.165) is 6.54 Å². The van der Waals surface area contributed by atoms with E-state index in [-0.39, 0.29) is 0 Å². The molecule has 2 N–H and O–H groups in total. The summed E-state index contributed by atoms with van der Waals surface area (Å²) in [5.41, 5.74) is 2.80. The molecular weight excluding hydrogens is 220 g/mol. The largest absolute Gasteiger partial charge is 0.313 e. The van der Waals surface area contributed by atoms with Crippen LogP contribution in [-0.2, 0) is 0 Å². The quantitative estimate of drug-likeness (QED) is 0.772. The van der Waals surface area contributed by atoms with Gasteiger partial charge in [0, 0.05) is 18.6 Å². The van der Waals surface area contributed by atoms with Gasteiger partial charge in [-0.05, 0) is 30.5 Å². The minimum Gasteiger partial charge on any atom is -0.313 e. The van der Waals surface area contributed by atoms with Crippen LogP contribution in [0.25, 0.3) is 0 Å². The fourth-order valence-electron chi connectivity index (χ4n) is 2.03. The van der Waals surface area contributed by atoms with E-state index in [1.54, 1.807) is 0 Å². The molecule has 0 saturated carbocycles. The monoisotopic (exact) mass is 248 g/mol. The van der Waals surface area contributed by atoms with Crippen LogP contribution in [0.3, 0.4) is 0 Å². The van der Waals surface area contributed by atoms with Crippen molar-refractivity contribution >= 4 is 0 Å². The second-order valence-corrected chi connectivity index (χ2v) is 5.38. The van der Waals surface area contributed by atoms with Crippen LogP contribution in [0, 0.1) is 0 Å². The molecule has 0 spiro atoms. The van der Waals surface area contributed by atoms with Gasteiger partial charge in [-0.2, -0.15) is 0 Å². The summed E-state index contributed by atoms with van der Waals surface area (Å²) < 4.78 is 0. The van der Waals surface area contributed by atoms with E-state index in [0.29, 0.717) is 18.0 Å². The molecule has 0 aliphatic rings. The molecule has 2 atom stereocenters. The molecule has 1 aromatic rings. The molecule has 1 aromatic carbocycles. The lowest BCUT2D eigenvalue weighted by atomic mass is 9.96. The maximum absolute atomic E-state index is 3.48. The van der Waals surface area contributed by atoms with Gasteiger partial charge in [0.05, 0.1) is 0 Å². The molecule has 0 aromatic heterocycles. The predicted molar refractivity (Wildman–Crippen MR) is 80.1 cm³/mol. The summed E-state index contributed by atoms with van der Waals surface area (Å²) >= 11 is 0. The first-order valence-corrected chi connectivity index (χ1v) is 7.09. The van der Waals surface area contributed by atoms with Gasteiger partial charge in [-0.3, -0.25) is 0 Å². The zero-order valence-electron chi connectivity index (χ0n) is 12.5. The number of benzene rings is 1. The Bertz CT molecular complexity index is 329. The molecule has 0 fully saturated rings. The zero-order chi connectivity index (χ0) is 13.5. The molecule has 0 bridgehead atoms. The second-order valence-electron chi connectivity index (χ2n) is 5.38. The molecule has 0 heterocycles. The van der Waals surface area contributed by atoms with E-state index in [2.05, 4.69) is 62.6 Å². The summed E-state index contributed by atoms with van der Waals surface area (Å²) in [5.74, 6) is 0.654. The Kier molecular flexibility index (Phi) is 6.37. The number of rotatable bonds is 7. The number of likely N-dealkylation sites (N-methyl/N-ethyl adjacent to an activating group) is 1. The highest BCUT2D eigenvalue weighted by Gasteiger charge is 2.10. The molecule has 0 aliphatic carbocycles. The molecule has 102 valence electrons. The van der Waals surface area contributed by atoms with Crippen LogP contribution in [-0.4, -0.2) is 19.6 Å². The van der Waals surface area contributed by atoms with Gasteiger partial charge in [-0.15, -0.1) is 0 Å². The normalized spacial score (nSPS) is 14.8. The van der Waals surface area contributed by atoms with Crippen molar-refractivity contribution in [3.05, 3.63) is 35.4 Å². The highest BCUT2D eigenvalue weighted by atomic mass is 15.0. The Balaban J connectivity index is 2.69. The number of hydrogen-bond donors (Lipinski definition) is 2. The van der Waals surface area contributed by atoms with Crippen molar-refractivity contribution in [1.29, 1.82) is 0 Å². The zero-order valence-corrected chi connectivity index (χ0v) is 12.5. The molecule has 18 heavy (non-hydrogen) atoms. The standard InChI is InChI=1S/C16H28N2/c1-6-13(4)14-7-9-15(10-8-14)16(17-5)11-18-12(2)3/h7-10,12-13,16-18H,6,11H2,1-5H3. The Morgan fingerprint density at radius 3 is 2.00 bits per heavy atom. The third kappa shape index (κ3) is 4.43. The van der Waals surface area contributed by atoms with E-state index < -0.39 is 0 Å². The summed E-state index contributed by atoms with van der Waals surface area (Å²) in [6, 6.07) is 9.96. The van der Waals surface area contributed by atoms with Crippen molar-refractivity contribution in [2.45, 2.75) is 52.1 Å². The van der Waals surface area contributed by atoms with E-state index in [1.165, 1.54) is 17.5 Å². The van der Waals surface area contributed by atoms with Crippen LogP contribution < -0.4 is 10.6 Å². The molecule has 0 amide bonds. The minimum absolute atomic E-state index is 0.387. The van der Waals surface area contributed by atoms with Gasteiger partial charge in [0.15, 0.2) is 0 Å². The van der Waals surface area contributed by atoms with Crippen LogP contribution in [0.4, 0.5) is 0 Å². The summed E-state index contributed by atoms with van der Waals surface area (Å²) in [6.45, 7) is 9.85. The van der Waals surface area contributed by atoms with Crippen LogP contribution >= 0.6 is 0 Å². The fourth-order valence-corrected chi connectivity index (χ4v) is 2.03. The third-order valence-corrected chi connectivity index (χ3v) is 3.60. The lowest BCUT2D eigenvalue weighted by Gasteiger charge is -2.20. The minimum atomic E-state index is 0.387. The molecule has 2 heteroatoms. The summed E-state index contributed by atoms with van der Waals surface area (Å²) in [7, 11) is 2.02. The topological polar surface area (TPSA) is 24.1 Å². The van der Waals surface area contributed by atoms with Crippen LogP contribution in [0.2, 0.25) is 0 Å². The molecule has 1 rings (SSSR count). The lowest BCUT2D eigenvalue weighted by molar-refractivity contribution is 0.491. The number of hydrogen-bond acceptors (Lipinski definition) is 2. The summed E-state index contributed by atoms with van der Waals surface area (Å²) in [6.07, 6.45) is 1.20. The van der Waals surface area contributed by atoms with E-state index in [9.17, 15) is 0 Å². The molecule has 0 radical (unpaired) electrons. The summed E-state index contributed by atoms with van der Waals surface area (Å²) in [5, 5.41) is 6.85. The average molecular weight is 248 g/mol. The second kappa shape index (κ2) is 7.55. The first kappa shape index (κ1) is 15.2. The highest BCUT2D eigenvalue weighted by molar-refractivity contribution is 5.27. The van der Waals surface area contributed by atoms with Crippen molar-refractivity contribution in [1.82, 2.24) is 10.6 Å². The van der Waals surface area contributed by atoms with Gasteiger partial charge in [-0.1, -0.05) is 52.0 Å². The van der Waals surface area contributed by atoms with Gasteiger partial charge in [0.25, 0.3) is 0 Å². The average Bonchev–Trinajstić information content (AvgIpc) is 2.39. The fraction of sp³-hybridized carbons (Fsp3) is 0.625. The number of nitrogens with one attached hydrogen (secondary N) is 2. The Morgan fingerprint density at radius 1 is 1.00 bits per heavy atom. The Labute approximate surface area is 112 Å². The first-order valence-electron chi connectivity index (χ1n) is 7.09. The predicted octanol–water partition coefficient (Wildman–Crippen LogP) is 3.46. The molecule has 2 unspecified atom stereocenters. The molecule has 0 saturated heterocycles. The molecule has 2 nitrogen and oxygen atoms in total. The van der Waals surface area contributed by atoms with E-state index in [4.69, 9.17) is 0 Å². The van der Waals surface area contributed by atoms with Crippen LogP contribution in [0.5, 0.6) is 0 Å². The Hall–Kier alpha value is -0.860. The van der Waals surface area contributed by atoms with Crippen molar-refractivity contribution < 1.29 is 0 Å². The third-order valence-electron chi connectivity index (χ3n) is 3.60. The van der Waals surface area contributed by atoms with Crippen LogP contribution in [0.15, 0.2) is 24.3 Å². The van der Waals surface area contributed by atoms with Crippen molar-refractivity contribution in [2.75, 3.05) is 13.6 Å². The lowest BCUT2D eigenvalue weighted by Crippen LogP contribution is -2.33. The van der Waals surface area contributed by atoms with Gasteiger partial charge in [-0.25, -0.2) is 0 Å². The Morgan fingerprint density at radius 2 is 1.56 bits per heavy atom. The smallest absolute Gasteiger partial charge is 0.0444 e. The van der Waals surface area contributed by atoms with Gasteiger partial charge in [0.2, 0.25) is 0 Å². The van der Waals surface area contributed by atoms with Crippen molar-refractivity contribution in [2.24, 2.45) is 0 Å². The molecular formula is C16H28N2. The summed E-state index contributed by atoms with van der Waals surface area (Å²) in [4.78, 5) is 0. The van der Waals surface area contributed by atoms with Crippen molar-refractivity contribution in [3.63, 3.8) is 0 Å². The van der Waals surface area contributed by atoms with Gasteiger partial charge in [0.1, 0.15) is 0 Å². The molecule has 0 aliphatic heterocycles.